The first kappa shape index (κ1) is 17.4. The number of ether oxygens (including phenoxy) is 1. The summed E-state index contributed by atoms with van der Waals surface area (Å²) in [4.78, 5) is 22.9. The Bertz CT molecular complexity index is 542. The first-order valence-corrected chi connectivity index (χ1v) is 7.00. The molecule has 116 valence electrons. The molecule has 7 heteroatoms. The molecule has 21 heavy (non-hydrogen) atoms. The number of carbonyl (C=O) groups is 2. The predicted molar refractivity (Wildman–Crippen MR) is 78.6 cm³/mol. The van der Waals surface area contributed by atoms with Gasteiger partial charge in [0.15, 0.2) is 6.61 Å². The fourth-order valence-electron chi connectivity index (χ4n) is 1.59. The molecule has 0 spiro atoms. The van der Waals surface area contributed by atoms with Gasteiger partial charge in [-0.2, -0.15) is 0 Å². The Morgan fingerprint density at radius 1 is 1.43 bits per heavy atom. The molecule has 1 rings (SSSR count). The van der Waals surface area contributed by atoms with E-state index in [1.165, 1.54) is 18.2 Å². The lowest BCUT2D eigenvalue weighted by Crippen LogP contribution is -2.50. The summed E-state index contributed by atoms with van der Waals surface area (Å²) in [6, 6.07) is 2.77. The molecular weight excluding hydrogens is 345 g/mol. The summed E-state index contributed by atoms with van der Waals surface area (Å²) in [6.45, 7) is 4.78. The summed E-state index contributed by atoms with van der Waals surface area (Å²) >= 11 is 3.11. The largest absolute Gasteiger partial charge is 0.483 e. The minimum absolute atomic E-state index is 0.300. The van der Waals surface area contributed by atoms with Crippen LogP contribution in [0.4, 0.5) is 4.39 Å². The van der Waals surface area contributed by atoms with Gasteiger partial charge in [-0.1, -0.05) is 20.8 Å². The second-order valence-electron chi connectivity index (χ2n) is 5.57. The van der Waals surface area contributed by atoms with Crippen molar-refractivity contribution in [2.75, 3.05) is 6.61 Å². The van der Waals surface area contributed by atoms with E-state index in [-0.39, 0.29) is 6.61 Å². The molecule has 0 aliphatic heterocycles. The molecule has 5 nitrogen and oxygen atoms in total. The molecule has 0 aromatic heterocycles. The zero-order valence-electron chi connectivity index (χ0n) is 11.9. The predicted octanol–water partition coefficient (Wildman–Crippen LogP) is 2.58. The number of hydrogen-bond donors (Lipinski definition) is 2. The van der Waals surface area contributed by atoms with Crippen molar-refractivity contribution in [2.45, 2.75) is 26.8 Å². The molecule has 1 atom stereocenters. The number of benzene rings is 1. The van der Waals surface area contributed by atoms with Crippen LogP contribution in [0, 0.1) is 11.2 Å². The normalized spacial score (nSPS) is 12.6. The first-order valence-electron chi connectivity index (χ1n) is 6.21. The fraction of sp³-hybridized carbons (Fsp3) is 0.429. The Morgan fingerprint density at radius 3 is 2.52 bits per heavy atom. The molecule has 1 aromatic rings. The van der Waals surface area contributed by atoms with E-state index in [0.717, 1.165) is 0 Å². The van der Waals surface area contributed by atoms with E-state index in [1.54, 1.807) is 20.8 Å². The van der Waals surface area contributed by atoms with E-state index >= 15 is 0 Å². The SMILES string of the molecule is CC(C)(C)[C@@H](NC(=O)COc1ccc(F)cc1Br)C(=O)O. The van der Waals surface area contributed by atoms with Crippen molar-refractivity contribution < 1.29 is 23.8 Å². The summed E-state index contributed by atoms with van der Waals surface area (Å²) in [5.74, 6) is -1.81. The van der Waals surface area contributed by atoms with Crippen LogP contribution in [0.15, 0.2) is 22.7 Å². The Hall–Kier alpha value is -1.63. The molecular formula is C14H17BrFNO4. The lowest BCUT2D eigenvalue weighted by atomic mass is 9.87. The number of rotatable bonds is 5. The highest BCUT2D eigenvalue weighted by molar-refractivity contribution is 9.10. The van der Waals surface area contributed by atoms with Crippen LogP contribution in [0.3, 0.4) is 0 Å². The van der Waals surface area contributed by atoms with Crippen LogP contribution in [-0.4, -0.2) is 29.6 Å². The van der Waals surface area contributed by atoms with Crippen LogP contribution in [0.1, 0.15) is 20.8 Å². The lowest BCUT2D eigenvalue weighted by molar-refractivity contribution is -0.145. The molecule has 0 saturated heterocycles. The van der Waals surface area contributed by atoms with Gasteiger partial charge in [-0.3, -0.25) is 4.79 Å². The van der Waals surface area contributed by atoms with Crippen molar-refractivity contribution in [1.29, 1.82) is 0 Å². The maximum absolute atomic E-state index is 12.9. The summed E-state index contributed by atoms with van der Waals surface area (Å²) < 4.78 is 18.5. The number of carbonyl (C=O) groups excluding carboxylic acids is 1. The van der Waals surface area contributed by atoms with Crippen molar-refractivity contribution in [1.82, 2.24) is 5.32 Å². The molecule has 2 N–H and O–H groups in total. The molecule has 0 heterocycles. The molecule has 0 radical (unpaired) electrons. The standard InChI is InChI=1S/C14H17BrFNO4/c1-14(2,3)12(13(19)20)17-11(18)7-21-10-5-4-8(16)6-9(10)15/h4-6,12H,7H2,1-3H3,(H,17,18)(H,19,20)/t12-/m0/s1. The molecule has 0 fully saturated rings. The molecule has 0 unspecified atom stereocenters. The summed E-state index contributed by atoms with van der Waals surface area (Å²) in [6.07, 6.45) is 0. The van der Waals surface area contributed by atoms with Crippen LogP contribution in [-0.2, 0) is 9.59 Å². The topological polar surface area (TPSA) is 75.6 Å². The zero-order valence-corrected chi connectivity index (χ0v) is 13.5. The van der Waals surface area contributed by atoms with Gasteiger partial charge in [0, 0.05) is 0 Å². The van der Waals surface area contributed by atoms with Crippen LogP contribution < -0.4 is 10.1 Å². The van der Waals surface area contributed by atoms with Gasteiger partial charge in [0.05, 0.1) is 4.47 Å². The summed E-state index contributed by atoms with van der Waals surface area (Å²) in [7, 11) is 0. The maximum Gasteiger partial charge on any atom is 0.326 e. The van der Waals surface area contributed by atoms with E-state index in [0.29, 0.717) is 10.2 Å². The monoisotopic (exact) mass is 361 g/mol. The zero-order chi connectivity index (χ0) is 16.2. The number of halogens is 2. The Morgan fingerprint density at radius 2 is 2.05 bits per heavy atom. The van der Waals surface area contributed by atoms with Gasteiger partial charge in [0.25, 0.3) is 5.91 Å². The average Bonchev–Trinajstić information content (AvgIpc) is 2.33. The Labute approximate surface area is 130 Å². The van der Waals surface area contributed by atoms with Gasteiger partial charge in [0.1, 0.15) is 17.6 Å². The second kappa shape index (κ2) is 6.89. The number of hydrogen-bond acceptors (Lipinski definition) is 3. The van der Waals surface area contributed by atoms with E-state index in [2.05, 4.69) is 21.2 Å². The van der Waals surface area contributed by atoms with Crippen LogP contribution >= 0.6 is 15.9 Å². The Balaban J connectivity index is 2.63. The van der Waals surface area contributed by atoms with E-state index in [1.807, 2.05) is 0 Å². The van der Waals surface area contributed by atoms with Gasteiger partial charge >= 0.3 is 5.97 Å². The fourth-order valence-corrected chi connectivity index (χ4v) is 2.05. The molecule has 0 bridgehead atoms. The molecule has 0 saturated carbocycles. The highest BCUT2D eigenvalue weighted by Gasteiger charge is 2.32. The highest BCUT2D eigenvalue weighted by atomic mass is 79.9. The third-order valence-corrected chi connectivity index (χ3v) is 3.29. The van der Waals surface area contributed by atoms with E-state index in [4.69, 9.17) is 9.84 Å². The minimum atomic E-state index is -1.11. The average molecular weight is 362 g/mol. The van der Waals surface area contributed by atoms with Crippen molar-refractivity contribution in [3.63, 3.8) is 0 Å². The Kier molecular flexibility index (Phi) is 5.71. The number of amides is 1. The second-order valence-corrected chi connectivity index (χ2v) is 6.42. The number of nitrogens with one attached hydrogen (secondary N) is 1. The van der Waals surface area contributed by atoms with Gasteiger partial charge in [-0.05, 0) is 39.5 Å². The smallest absolute Gasteiger partial charge is 0.326 e. The van der Waals surface area contributed by atoms with Crippen LogP contribution in [0.25, 0.3) is 0 Å². The van der Waals surface area contributed by atoms with Crippen molar-refractivity contribution in [3.05, 3.63) is 28.5 Å². The third kappa shape index (κ3) is 5.34. The van der Waals surface area contributed by atoms with Crippen molar-refractivity contribution in [3.8, 4) is 5.75 Å². The molecule has 0 aliphatic rings. The quantitative estimate of drug-likeness (QED) is 0.844. The number of carboxylic acids is 1. The van der Waals surface area contributed by atoms with Crippen molar-refractivity contribution in [2.24, 2.45) is 5.41 Å². The highest BCUT2D eigenvalue weighted by Crippen LogP contribution is 2.25. The molecule has 1 aromatic carbocycles. The molecule has 1 amide bonds. The number of aliphatic carboxylic acids is 1. The summed E-state index contributed by atoms with van der Waals surface area (Å²) in [5, 5.41) is 11.5. The minimum Gasteiger partial charge on any atom is -0.483 e. The van der Waals surface area contributed by atoms with E-state index < -0.39 is 29.2 Å². The van der Waals surface area contributed by atoms with Gasteiger partial charge < -0.3 is 15.2 Å². The first-order chi connectivity index (χ1) is 9.61. The van der Waals surface area contributed by atoms with Crippen LogP contribution in [0.2, 0.25) is 0 Å². The van der Waals surface area contributed by atoms with Gasteiger partial charge in [0.2, 0.25) is 0 Å². The van der Waals surface area contributed by atoms with Gasteiger partial charge in [-0.15, -0.1) is 0 Å². The van der Waals surface area contributed by atoms with E-state index in [9.17, 15) is 14.0 Å². The number of carboxylic acid groups (broad SMARTS) is 1. The van der Waals surface area contributed by atoms with Crippen LogP contribution in [0.5, 0.6) is 5.75 Å². The third-order valence-electron chi connectivity index (χ3n) is 2.67. The van der Waals surface area contributed by atoms with Gasteiger partial charge in [-0.25, -0.2) is 9.18 Å². The van der Waals surface area contributed by atoms with Crippen molar-refractivity contribution >= 4 is 27.8 Å². The lowest BCUT2D eigenvalue weighted by Gasteiger charge is -2.27. The molecule has 0 aliphatic carbocycles. The summed E-state index contributed by atoms with van der Waals surface area (Å²) in [5.41, 5.74) is -0.627. The maximum atomic E-state index is 12.9.